The van der Waals surface area contributed by atoms with Crippen molar-refractivity contribution in [3.05, 3.63) is 75.9 Å². The fraction of sp³-hybridized carbons (Fsp3) is 0.269. The third-order valence-corrected chi connectivity index (χ3v) is 6.11. The molecule has 0 saturated carbocycles. The second-order valence-corrected chi connectivity index (χ2v) is 8.68. The minimum atomic E-state index is -0.612. The summed E-state index contributed by atoms with van der Waals surface area (Å²) in [5.74, 6) is -0.760. The molecule has 8 heteroatoms. The highest BCUT2D eigenvalue weighted by molar-refractivity contribution is 6.31. The lowest BCUT2D eigenvalue weighted by Gasteiger charge is -2.22. The highest BCUT2D eigenvalue weighted by Gasteiger charge is 2.18. The number of aryl methyl sites for hydroxylation is 1. The Balaban J connectivity index is 1.32. The number of amides is 2. The highest BCUT2D eigenvalue weighted by Crippen LogP contribution is 2.34. The Morgan fingerprint density at radius 1 is 1.06 bits per heavy atom. The molecule has 0 radical (unpaired) electrons. The van der Waals surface area contributed by atoms with Crippen LogP contribution < -0.4 is 16.1 Å². The average molecular weight is 479 g/mol. The maximum Gasteiger partial charge on any atom is 0.267 e. The van der Waals surface area contributed by atoms with Crippen LogP contribution >= 0.6 is 11.6 Å². The zero-order chi connectivity index (χ0) is 23.9. The van der Waals surface area contributed by atoms with Crippen molar-refractivity contribution in [1.82, 2.24) is 15.8 Å². The van der Waals surface area contributed by atoms with Crippen molar-refractivity contribution >= 4 is 46.1 Å². The molecule has 1 aliphatic carbocycles. The van der Waals surface area contributed by atoms with E-state index in [-0.39, 0.29) is 5.91 Å². The molecule has 0 atom stereocenters. The highest BCUT2D eigenvalue weighted by atomic mass is 35.5. The number of benzene rings is 2. The molecule has 2 aromatic carbocycles. The smallest absolute Gasteiger partial charge is 0.267 e. The molecule has 2 amide bonds. The maximum absolute atomic E-state index is 12.4. The van der Waals surface area contributed by atoms with Crippen molar-refractivity contribution in [2.24, 2.45) is 0 Å². The quantitative estimate of drug-likeness (QED) is 0.165. The van der Waals surface area contributed by atoms with Gasteiger partial charge in [-0.3, -0.25) is 19.8 Å². The second kappa shape index (κ2) is 11.1. The summed E-state index contributed by atoms with van der Waals surface area (Å²) >= 11 is 6.19. The van der Waals surface area contributed by atoms with E-state index in [0.29, 0.717) is 17.1 Å². The van der Waals surface area contributed by atoms with E-state index in [9.17, 15) is 9.59 Å². The molecule has 1 heterocycles. The summed E-state index contributed by atoms with van der Waals surface area (Å²) in [5, 5.41) is 16.8. The van der Waals surface area contributed by atoms with Crippen molar-refractivity contribution in [2.45, 2.75) is 32.1 Å². The van der Waals surface area contributed by atoms with Gasteiger partial charge in [0.1, 0.15) is 0 Å². The van der Waals surface area contributed by atoms with Crippen LogP contribution in [0.15, 0.2) is 48.5 Å². The van der Waals surface area contributed by atoms with Gasteiger partial charge in [0.2, 0.25) is 0 Å². The first-order chi connectivity index (χ1) is 16.5. The standard InChI is InChI=1S/C26H27ClN4O3/c27-19-11-12-21-23(16-19)30-22-5-2-1-4-20(22)25(21)28-14-3-15-29-26(33)18-9-6-17(7-10-18)8-13-24(32)31-34/h6-13,16,34H,1-5,14-15H2,(H,28,30)(H,29,33)(H,31,32)/b13-8+. The Kier molecular flexibility index (Phi) is 7.77. The van der Waals surface area contributed by atoms with Gasteiger partial charge in [-0.05, 0) is 79.6 Å². The van der Waals surface area contributed by atoms with Crippen LogP contribution in [0.25, 0.3) is 17.0 Å². The third-order valence-electron chi connectivity index (χ3n) is 5.88. The first kappa shape index (κ1) is 23.7. The molecule has 4 rings (SSSR count). The van der Waals surface area contributed by atoms with Gasteiger partial charge < -0.3 is 10.6 Å². The number of carbonyl (C=O) groups is 2. The number of pyridine rings is 1. The van der Waals surface area contributed by atoms with Gasteiger partial charge in [-0.1, -0.05) is 23.7 Å². The van der Waals surface area contributed by atoms with Gasteiger partial charge in [-0.15, -0.1) is 0 Å². The Hall–Kier alpha value is -3.42. The number of rotatable bonds is 8. The lowest BCUT2D eigenvalue weighted by molar-refractivity contribution is -0.124. The SMILES string of the molecule is O=C(/C=C/c1ccc(C(=O)NCCCNc2c3c(nc4cc(Cl)ccc24)CCCC3)cc1)NO. The molecule has 176 valence electrons. The lowest BCUT2D eigenvalue weighted by Crippen LogP contribution is -2.26. The van der Waals surface area contributed by atoms with Gasteiger partial charge in [0, 0.05) is 46.5 Å². The number of hydrogen-bond donors (Lipinski definition) is 4. The Morgan fingerprint density at radius 3 is 2.65 bits per heavy atom. The molecule has 0 saturated heterocycles. The topological polar surface area (TPSA) is 103 Å². The minimum absolute atomic E-state index is 0.148. The van der Waals surface area contributed by atoms with Crippen molar-refractivity contribution in [3.63, 3.8) is 0 Å². The van der Waals surface area contributed by atoms with Gasteiger partial charge in [0.15, 0.2) is 0 Å². The molecule has 1 aromatic heterocycles. The van der Waals surface area contributed by atoms with Gasteiger partial charge in [-0.2, -0.15) is 0 Å². The number of hydroxylamine groups is 1. The summed E-state index contributed by atoms with van der Waals surface area (Å²) in [6.07, 6.45) is 7.87. The Morgan fingerprint density at radius 2 is 1.85 bits per heavy atom. The van der Waals surface area contributed by atoms with Crippen LogP contribution in [0.5, 0.6) is 0 Å². The van der Waals surface area contributed by atoms with Crippen LogP contribution in [0, 0.1) is 0 Å². The van der Waals surface area contributed by atoms with Crippen LogP contribution in [-0.2, 0) is 17.6 Å². The third kappa shape index (κ3) is 5.73. The fourth-order valence-electron chi connectivity index (χ4n) is 4.16. The van der Waals surface area contributed by atoms with Gasteiger partial charge >= 0.3 is 0 Å². The zero-order valence-corrected chi connectivity index (χ0v) is 19.5. The van der Waals surface area contributed by atoms with E-state index >= 15 is 0 Å². The maximum atomic E-state index is 12.4. The van der Waals surface area contributed by atoms with E-state index in [1.54, 1.807) is 30.3 Å². The van der Waals surface area contributed by atoms with E-state index in [0.717, 1.165) is 60.1 Å². The van der Waals surface area contributed by atoms with Crippen LogP contribution in [0.1, 0.15) is 46.4 Å². The molecular weight excluding hydrogens is 452 g/mol. The summed E-state index contributed by atoms with van der Waals surface area (Å²) in [6.45, 7) is 1.27. The first-order valence-electron chi connectivity index (χ1n) is 11.4. The summed E-state index contributed by atoms with van der Waals surface area (Å²) in [7, 11) is 0. The minimum Gasteiger partial charge on any atom is -0.384 e. The zero-order valence-electron chi connectivity index (χ0n) is 18.7. The largest absolute Gasteiger partial charge is 0.384 e. The number of aromatic nitrogens is 1. The summed E-state index contributed by atoms with van der Waals surface area (Å²) in [5.41, 5.74) is 7.34. The van der Waals surface area contributed by atoms with Crippen molar-refractivity contribution in [3.8, 4) is 0 Å². The predicted molar refractivity (Wildman–Crippen MR) is 134 cm³/mol. The monoisotopic (exact) mass is 478 g/mol. The first-order valence-corrected chi connectivity index (χ1v) is 11.8. The molecule has 0 spiro atoms. The van der Waals surface area contributed by atoms with E-state index in [1.807, 2.05) is 18.2 Å². The molecule has 1 aliphatic rings. The molecule has 3 aromatic rings. The molecule has 4 N–H and O–H groups in total. The molecular formula is C26H27ClN4O3. The predicted octanol–water partition coefficient (Wildman–Crippen LogP) is 4.52. The molecule has 0 unspecified atom stereocenters. The van der Waals surface area contributed by atoms with Crippen molar-refractivity contribution < 1.29 is 14.8 Å². The van der Waals surface area contributed by atoms with Crippen LogP contribution in [0.2, 0.25) is 5.02 Å². The molecule has 0 bridgehead atoms. The van der Waals surface area contributed by atoms with Gasteiger partial charge in [-0.25, -0.2) is 5.48 Å². The Labute approximate surface area is 203 Å². The second-order valence-electron chi connectivity index (χ2n) is 8.25. The number of carbonyl (C=O) groups excluding carboxylic acids is 2. The molecule has 0 fully saturated rings. The number of halogens is 1. The van der Waals surface area contributed by atoms with E-state index in [1.165, 1.54) is 23.5 Å². The summed E-state index contributed by atoms with van der Waals surface area (Å²) in [4.78, 5) is 28.3. The van der Waals surface area contributed by atoms with E-state index in [2.05, 4.69) is 10.6 Å². The van der Waals surface area contributed by atoms with E-state index < -0.39 is 5.91 Å². The number of anilines is 1. The fourth-order valence-corrected chi connectivity index (χ4v) is 4.33. The summed E-state index contributed by atoms with van der Waals surface area (Å²) in [6, 6.07) is 12.7. The van der Waals surface area contributed by atoms with Crippen LogP contribution in [0.3, 0.4) is 0 Å². The van der Waals surface area contributed by atoms with Crippen molar-refractivity contribution in [2.75, 3.05) is 18.4 Å². The number of nitrogens with one attached hydrogen (secondary N) is 3. The van der Waals surface area contributed by atoms with Gasteiger partial charge in [0.25, 0.3) is 11.8 Å². The van der Waals surface area contributed by atoms with Crippen LogP contribution in [-0.4, -0.2) is 35.1 Å². The lowest BCUT2D eigenvalue weighted by atomic mass is 9.92. The van der Waals surface area contributed by atoms with Crippen LogP contribution in [0.4, 0.5) is 5.69 Å². The normalized spacial score (nSPS) is 13.0. The number of nitrogens with zero attached hydrogens (tertiary/aromatic N) is 1. The number of hydrogen-bond acceptors (Lipinski definition) is 5. The van der Waals surface area contributed by atoms with E-state index in [4.69, 9.17) is 21.8 Å². The van der Waals surface area contributed by atoms with Gasteiger partial charge in [0.05, 0.1) is 5.52 Å². The average Bonchev–Trinajstić information content (AvgIpc) is 2.86. The molecule has 34 heavy (non-hydrogen) atoms. The number of fused-ring (bicyclic) bond motifs is 2. The molecule has 7 nitrogen and oxygen atoms in total. The Bertz CT molecular complexity index is 1220. The summed E-state index contributed by atoms with van der Waals surface area (Å²) < 4.78 is 0. The van der Waals surface area contributed by atoms with Crippen molar-refractivity contribution in [1.29, 1.82) is 0 Å². The molecule has 0 aliphatic heterocycles.